The Balaban J connectivity index is 1.99. The van der Waals surface area contributed by atoms with Crippen LogP contribution in [0.3, 0.4) is 0 Å². The third-order valence-electron chi connectivity index (χ3n) is 3.95. The summed E-state index contributed by atoms with van der Waals surface area (Å²) in [7, 11) is -3.26. The van der Waals surface area contributed by atoms with Crippen molar-refractivity contribution in [2.75, 3.05) is 11.6 Å². The molecule has 1 N–H and O–H groups in total. The predicted octanol–water partition coefficient (Wildman–Crippen LogP) is 3.79. The van der Waals surface area contributed by atoms with Gasteiger partial charge in [-0.1, -0.05) is 32.9 Å². The predicted molar refractivity (Wildman–Crippen MR) is 103 cm³/mol. The van der Waals surface area contributed by atoms with Crippen molar-refractivity contribution in [2.24, 2.45) is 0 Å². The fourth-order valence-electron chi connectivity index (χ4n) is 2.32. The largest absolute Gasteiger partial charge is 0.481 e. The first-order valence-corrected chi connectivity index (χ1v) is 10.2. The third kappa shape index (κ3) is 5.33. The molecule has 140 valence electrons. The summed E-state index contributed by atoms with van der Waals surface area (Å²) in [6.07, 6.45) is 0.451. The van der Waals surface area contributed by atoms with Gasteiger partial charge in [0.15, 0.2) is 15.9 Å². The van der Waals surface area contributed by atoms with Gasteiger partial charge in [-0.2, -0.15) is 0 Å². The summed E-state index contributed by atoms with van der Waals surface area (Å²) in [5.74, 6) is 0.310. The molecule has 0 heterocycles. The minimum Gasteiger partial charge on any atom is -0.481 e. The topological polar surface area (TPSA) is 72.5 Å². The van der Waals surface area contributed by atoms with Crippen LogP contribution in [0.2, 0.25) is 0 Å². The van der Waals surface area contributed by atoms with E-state index in [1.807, 2.05) is 24.3 Å². The second-order valence-corrected chi connectivity index (χ2v) is 9.34. The van der Waals surface area contributed by atoms with E-state index in [0.29, 0.717) is 11.4 Å². The number of nitrogens with one attached hydrogen (secondary N) is 1. The van der Waals surface area contributed by atoms with Crippen LogP contribution in [0.15, 0.2) is 53.4 Å². The Kier molecular flexibility index (Phi) is 5.76. The van der Waals surface area contributed by atoms with Crippen LogP contribution in [0.4, 0.5) is 5.69 Å². The number of sulfone groups is 1. The lowest BCUT2D eigenvalue weighted by Gasteiger charge is -2.20. The first kappa shape index (κ1) is 20.0. The summed E-state index contributed by atoms with van der Waals surface area (Å²) in [5.41, 5.74) is 1.76. The number of rotatable bonds is 5. The van der Waals surface area contributed by atoms with E-state index in [9.17, 15) is 13.2 Å². The lowest BCUT2D eigenvalue weighted by atomic mass is 9.87. The lowest BCUT2D eigenvalue weighted by Crippen LogP contribution is -2.30. The molecule has 1 atom stereocenters. The van der Waals surface area contributed by atoms with Crippen molar-refractivity contribution >= 4 is 21.4 Å². The van der Waals surface area contributed by atoms with E-state index >= 15 is 0 Å². The molecule has 0 aliphatic rings. The van der Waals surface area contributed by atoms with Gasteiger partial charge in [-0.25, -0.2) is 8.42 Å². The molecule has 0 aliphatic heterocycles. The van der Waals surface area contributed by atoms with Crippen molar-refractivity contribution < 1.29 is 17.9 Å². The van der Waals surface area contributed by atoms with Crippen molar-refractivity contribution in [3.05, 3.63) is 54.1 Å². The smallest absolute Gasteiger partial charge is 0.265 e. The maximum atomic E-state index is 12.3. The van der Waals surface area contributed by atoms with Crippen LogP contribution in [0.1, 0.15) is 33.3 Å². The van der Waals surface area contributed by atoms with E-state index in [0.717, 1.165) is 6.26 Å². The molecule has 0 saturated heterocycles. The van der Waals surface area contributed by atoms with Crippen LogP contribution in [0.5, 0.6) is 5.75 Å². The molecule has 0 aromatic heterocycles. The summed E-state index contributed by atoms with van der Waals surface area (Å²) in [6.45, 7) is 8.06. The summed E-state index contributed by atoms with van der Waals surface area (Å²) >= 11 is 0. The van der Waals surface area contributed by atoms with Crippen LogP contribution in [0.25, 0.3) is 0 Å². The Labute approximate surface area is 155 Å². The normalized spacial score (nSPS) is 13.1. The molecule has 0 unspecified atom stereocenters. The molecule has 2 aromatic carbocycles. The van der Waals surface area contributed by atoms with Gasteiger partial charge in [0.05, 0.1) is 4.90 Å². The number of carbonyl (C=O) groups excluding carboxylic acids is 1. The van der Waals surface area contributed by atoms with Crippen molar-refractivity contribution in [1.82, 2.24) is 0 Å². The van der Waals surface area contributed by atoms with Gasteiger partial charge in [0.1, 0.15) is 5.75 Å². The Morgan fingerprint density at radius 2 is 1.54 bits per heavy atom. The zero-order valence-corrected chi connectivity index (χ0v) is 16.6. The molecule has 0 saturated carbocycles. The molecule has 1 amide bonds. The van der Waals surface area contributed by atoms with E-state index in [1.54, 1.807) is 19.1 Å². The molecule has 26 heavy (non-hydrogen) atoms. The van der Waals surface area contributed by atoms with Gasteiger partial charge in [0.2, 0.25) is 0 Å². The minimum atomic E-state index is -3.26. The van der Waals surface area contributed by atoms with Gasteiger partial charge in [-0.3, -0.25) is 4.79 Å². The van der Waals surface area contributed by atoms with E-state index in [-0.39, 0.29) is 16.2 Å². The fourth-order valence-corrected chi connectivity index (χ4v) is 2.95. The molecular formula is C20H25NO4S. The average Bonchev–Trinajstić information content (AvgIpc) is 2.54. The van der Waals surface area contributed by atoms with E-state index in [2.05, 4.69) is 26.1 Å². The average molecular weight is 375 g/mol. The van der Waals surface area contributed by atoms with Gasteiger partial charge in [-0.05, 0) is 54.3 Å². The third-order valence-corrected chi connectivity index (χ3v) is 5.08. The summed E-state index contributed by atoms with van der Waals surface area (Å²) < 4.78 is 28.6. The summed E-state index contributed by atoms with van der Waals surface area (Å²) in [6, 6.07) is 13.7. The van der Waals surface area contributed by atoms with Crippen molar-refractivity contribution in [1.29, 1.82) is 0 Å². The van der Waals surface area contributed by atoms with Gasteiger partial charge < -0.3 is 10.1 Å². The van der Waals surface area contributed by atoms with E-state index in [4.69, 9.17) is 4.74 Å². The molecule has 2 aromatic rings. The molecule has 0 radical (unpaired) electrons. The number of hydrogen-bond acceptors (Lipinski definition) is 4. The van der Waals surface area contributed by atoms with Crippen LogP contribution in [-0.2, 0) is 20.0 Å². The maximum absolute atomic E-state index is 12.3. The van der Waals surface area contributed by atoms with Gasteiger partial charge >= 0.3 is 0 Å². The van der Waals surface area contributed by atoms with E-state index < -0.39 is 15.9 Å². The Morgan fingerprint density at radius 1 is 1.00 bits per heavy atom. The maximum Gasteiger partial charge on any atom is 0.265 e. The zero-order valence-electron chi connectivity index (χ0n) is 15.7. The highest BCUT2D eigenvalue weighted by molar-refractivity contribution is 7.90. The van der Waals surface area contributed by atoms with Crippen LogP contribution in [-0.4, -0.2) is 26.7 Å². The fraction of sp³-hybridized carbons (Fsp3) is 0.350. The molecule has 5 nitrogen and oxygen atoms in total. The molecule has 2 rings (SSSR count). The molecule has 6 heteroatoms. The standard InChI is InChI=1S/C20H25NO4S/c1-14(25-17-10-6-15(7-11-17)20(2,3)4)19(22)21-16-8-12-18(13-9-16)26(5,23)24/h6-14H,1-5H3,(H,21,22)/t14-/m0/s1. The minimum absolute atomic E-state index is 0.0552. The zero-order chi connectivity index (χ0) is 19.5. The second kappa shape index (κ2) is 7.50. The molecular weight excluding hydrogens is 350 g/mol. The number of amides is 1. The highest BCUT2D eigenvalue weighted by atomic mass is 32.2. The highest BCUT2D eigenvalue weighted by Crippen LogP contribution is 2.24. The summed E-state index contributed by atoms with van der Waals surface area (Å²) in [4.78, 5) is 12.5. The first-order chi connectivity index (χ1) is 12.0. The first-order valence-electron chi connectivity index (χ1n) is 8.35. The lowest BCUT2D eigenvalue weighted by molar-refractivity contribution is -0.122. The monoisotopic (exact) mass is 375 g/mol. The van der Waals surface area contributed by atoms with Crippen molar-refractivity contribution in [2.45, 2.75) is 44.1 Å². The Morgan fingerprint density at radius 3 is 2.00 bits per heavy atom. The molecule has 0 spiro atoms. The van der Waals surface area contributed by atoms with Crippen LogP contribution < -0.4 is 10.1 Å². The quantitative estimate of drug-likeness (QED) is 0.863. The molecule has 0 fully saturated rings. The summed E-state index contributed by atoms with van der Waals surface area (Å²) in [5, 5.41) is 2.72. The van der Waals surface area contributed by atoms with Crippen molar-refractivity contribution in [3.8, 4) is 5.75 Å². The number of benzene rings is 2. The molecule has 0 bridgehead atoms. The number of carbonyl (C=O) groups is 1. The SMILES string of the molecule is C[C@H](Oc1ccc(C(C)(C)C)cc1)C(=O)Nc1ccc(S(C)(=O)=O)cc1. The second-order valence-electron chi connectivity index (χ2n) is 7.32. The van der Waals surface area contributed by atoms with Crippen LogP contribution >= 0.6 is 0 Å². The van der Waals surface area contributed by atoms with Gasteiger partial charge in [-0.15, -0.1) is 0 Å². The van der Waals surface area contributed by atoms with Gasteiger partial charge in [0.25, 0.3) is 5.91 Å². The van der Waals surface area contributed by atoms with Gasteiger partial charge in [0, 0.05) is 11.9 Å². The van der Waals surface area contributed by atoms with Crippen LogP contribution in [0, 0.1) is 0 Å². The Hall–Kier alpha value is -2.34. The Bertz CT molecular complexity index is 864. The highest BCUT2D eigenvalue weighted by Gasteiger charge is 2.17. The van der Waals surface area contributed by atoms with Crippen molar-refractivity contribution in [3.63, 3.8) is 0 Å². The number of anilines is 1. The number of hydrogen-bond donors (Lipinski definition) is 1. The van der Waals surface area contributed by atoms with E-state index in [1.165, 1.54) is 17.7 Å². The molecule has 0 aliphatic carbocycles. The number of ether oxygens (including phenoxy) is 1.